The molecule has 0 aliphatic carbocycles. The van der Waals surface area contributed by atoms with E-state index in [0.717, 1.165) is 0 Å². The monoisotopic (exact) mass is 572 g/mol. The number of halogens is 3. The first-order chi connectivity index (χ1) is 19.7. The van der Waals surface area contributed by atoms with Crippen molar-refractivity contribution in [2.45, 2.75) is 10.6 Å². The Morgan fingerprint density at radius 1 is 0.683 bits per heavy atom. The van der Waals surface area contributed by atoms with Crippen LogP contribution in [0, 0.1) is 17.5 Å². The summed E-state index contributed by atoms with van der Waals surface area (Å²) in [4.78, 5) is 4.45. The predicted molar refractivity (Wildman–Crippen MR) is 145 cm³/mol. The summed E-state index contributed by atoms with van der Waals surface area (Å²) in [6, 6.07) is 22.9. The molecule has 0 spiro atoms. The number of rotatable bonds is 7. The van der Waals surface area contributed by atoms with Crippen molar-refractivity contribution in [2.24, 2.45) is 0 Å². The fourth-order valence-corrected chi connectivity index (χ4v) is 5.39. The molecule has 2 heterocycles. The van der Waals surface area contributed by atoms with Crippen LogP contribution in [0.25, 0.3) is 39.5 Å². The Morgan fingerprint density at radius 2 is 1.22 bits per heavy atom. The van der Waals surface area contributed by atoms with Gasteiger partial charge < -0.3 is 4.42 Å². The highest BCUT2D eigenvalue weighted by Gasteiger charge is 2.23. The van der Waals surface area contributed by atoms with Crippen LogP contribution in [0.5, 0.6) is 0 Å². The first-order valence-electron chi connectivity index (χ1n) is 12.3. The van der Waals surface area contributed by atoms with Crippen LogP contribution in [0.15, 0.2) is 113 Å². The highest BCUT2D eigenvalue weighted by Crippen LogP contribution is 2.34. The van der Waals surface area contributed by atoms with Gasteiger partial charge in [0.1, 0.15) is 34.6 Å². The quantitative estimate of drug-likeness (QED) is 0.213. The van der Waals surface area contributed by atoms with E-state index in [0.29, 0.717) is 33.8 Å². The van der Waals surface area contributed by atoms with Gasteiger partial charge in [0.2, 0.25) is 5.89 Å². The van der Waals surface area contributed by atoms with Crippen LogP contribution in [-0.4, -0.2) is 28.4 Å². The molecule has 6 rings (SSSR count). The van der Waals surface area contributed by atoms with E-state index in [2.05, 4.69) is 15.3 Å². The standard InChI is InChI=1S/C30H19F3N4O3S/c31-22-7-1-19(2-8-22)27-17-37(36-35-27)25-13-15-26(16-14-25)41(38,39)18-28-34-29(20-3-9-23(32)10-4-20)30(40-28)21-5-11-24(33)12-6-21/h1-17H,18H2. The summed E-state index contributed by atoms with van der Waals surface area (Å²) in [7, 11) is -3.89. The zero-order valence-corrected chi connectivity index (χ0v) is 21.9. The largest absolute Gasteiger partial charge is 0.439 e. The predicted octanol–water partition coefficient (Wildman–Crippen LogP) is 6.65. The van der Waals surface area contributed by atoms with Gasteiger partial charge in [-0.05, 0) is 97.1 Å². The van der Waals surface area contributed by atoms with E-state index in [1.54, 1.807) is 30.5 Å². The van der Waals surface area contributed by atoms with Crippen molar-refractivity contribution < 1.29 is 26.0 Å². The molecule has 0 radical (unpaired) electrons. The summed E-state index contributed by atoms with van der Waals surface area (Å²) >= 11 is 0. The lowest BCUT2D eigenvalue weighted by atomic mass is 10.1. The summed E-state index contributed by atoms with van der Waals surface area (Å²) in [6.45, 7) is 0. The Kier molecular flexibility index (Phi) is 6.72. The molecule has 0 amide bonds. The summed E-state index contributed by atoms with van der Waals surface area (Å²) in [5, 5.41) is 8.18. The van der Waals surface area contributed by atoms with Crippen molar-refractivity contribution in [3.8, 4) is 39.5 Å². The van der Waals surface area contributed by atoms with Gasteiger partial charge in [-0.1, -0.05) is 5.21 Å². The molecule has 7 nitrogen and oxygen atoms in total. The minimum absolute atomic E-state index is 0.0324. The first-order valence-corrected chi connectivity index (χ1v) is 13.9. The Hall–Kier alpha value is -5.03. The number of hydrogen-bond donors (Lipinski definition) is 0. The van der Waals surface area contributed by atoms with Crippen LogP contribution in [0.3, 0.4) is 0 Å². The molecule has 0 fully saturated rings. The van der Waals surface area contributed by atoms with Gasteiger partial charge in [0.15, 0.2) is 15.6 Å². The topological polar surface area (TPSA) is 90.9 Å². The maximum atomic E-state index is 13.5. The van der Waals surface area contributed by atoms with Gasteiger partial charge in [0.25, 0.3) is 0 Å². The van der Waals surface area contributed by atoms with Gasteiger partial charge in [-0.2, -0.15) is 0 Å². The molecule has 0 N–H and O–H groups in total. The zero-order valence-electron chi connectivity index (χ0n) is 21.1. The highest BCUT2D eigenvalue weighted by molar-refractivity contribution is 7.90. The van der Waals surface area contributed by atoms with E-state index < -0.39 is 27.2 Å². The number of benzene rings is 4. The lowest BCUT2D eigenvalue weighted by Crippen LogP contribution is -2.06. The second-order valence-corrected chi connectivity index (χ2v) is 11.1. The van der Waals surface area contributed by atoms with Crippen LogP contribution < -0.4 is 0 Å². The van der Waals surface area contributed by atoms with Crippen molar-refractivity contribution in [2.75, 3.05) is 0 Å². The van der Waals surface area contributed by atoms with E-state index in [4.69, 9.17) is 4.42 Å². The van der Waals surface area contributed by atoms with Gasteiger partial charge in [0.05, 0.1) is 16.8 Å². The second-order valence-electron chi connectivity index (χ2n) is 9.11. The average Bonchev–Trinajstić information content (AvgIpc) is 3.62. The van der Waals surface area contributed by atoms with E-state index >= 15 is 0 Å². The molecule has 6 aromatic rings. The van der Waals surface area contributed by atoms with Gasteiger partial charge in [-0.15, -0.1) is 5.10 Å². The fraction of sp³-hybridized carbons (Fsp3) is 0.0333. The number of sulfone groups is 1. The molecule has 41 heavy (non-hydrogen) atoms. The zero-order chi connectivity index (χ0) is 28.6. The third-order valence-electron chi connectivity index (χ3n) is 6.30. The lowest BCUT2D eigenvalue weighted by Gasteiger charge is -2.04. The highest BCUT2D eigenvalue weighted by atomic mass is 32.2. The van der Waals surface area contributed by atoms with Crippen LogP contribution in [0.1, 0.15) is 5.89 Å². The van der Waals surface area contributed by atoms with E-state index in [1.165, 1.54) is 77.5 Å². The number of hydrogen-bond acceptors (Lipinski definition) is 6. The number of nitrogens with zero attached hydrogens (tertiary/aromatic N) is 4. The fourth-order valence-electron chi connectivity index (χ4n) is 4.22. The Morgan fingerprint density at radius 3 is 1.80 bits per heavy atom. The molecular weight excluding hydrogens is 553 g/mol. The van der Waals surface area contributed by atoms with Crippen LogP contribution in [0.2, 0.25) is 0 Å². The summed E-state index contributed by atoms with van der Waals surface area (Å²) < 4.78 is 74.2. The third-order valence-corrected chi connectivity index (χ3v) is 7.92. The maximum Gasteiger partial charge on any atom is 0.211 e. The molecule has 0 saturated carbocycles. The molecule has 4 aromatic carbocycles. The van der Waals surface area contributed by atoms with Crippen LogP contribution in [0.4, 0.5) is 13.2 Å². The molecule has 0 saturated heterocycles. The van der Waals surface area contributed by atoms with Gasteiger partial charge >= 0.3 is 0 Å². The summed E-state index contributed by atoms with van der Waals surface area (Å²) in [6.07, 6.45) is 1.65. The molecule has 0 atom stereocenters. The molecule has 204 valence electrons. The molecule has 0 aliphatic heterocycles. The molecule has 11 heteroatoms. The lowest BCUT2D eigenvalue weighted by molar-refractivity contribution is 0.519. The Balaban J connectivity index is 1.27. The Bertz CT molecular complexity index is 1870. The second kappa shape index (κ2) is 10.5. The normalized spacial score (nSPS) is 11.6. The van der Waals surface area contributed by atoms with Crippen LogP contribution >= 0.6 is 0 Å². The van der Waals surface area contributed by atoms with Crippen molar-refractivity contribution in [3.63, 3.8) is 0 Å². The van der Waals surface area contributed by atoms with Crippen LogP contribution in [-0.2, 0) is 15.6 Å². The number of aromatic nitrogens is 4. The SMILES string of the molecule is O=S(=O)(Cc1nc(-c2ccc(F)cc2)c(-c2ccc(F)cc2)o1)c1ccc(-n2cc(-c3ccc(F)cc3)nn2)cc1. The summed E-state index contributed by atoms with van der Waals surface area (Å²) in [5.74, 6) is -1.63. The van der Waals surface area contributed by atoms with Crippen molar-refractivity contribution >= 4 is 9.84 Å². The smallest absolute Gasteiger partial charge is 0.211 e. The molecule has 2 aromatic heterocycles. The minimum atomic E-state index is -3.89. The molecule has 0 aliphatic rings. The van der Waals surface area contributed by atoms with Crippen molar-refractivity contribution in [3.05, 3.63) is 127 Å². The van der Waals surface area contributed by atoms with E-state index in [-0.39, 0.29) is 22.4 Å². The average molecular weight is 573 g/mol. The minimum Gasteiger partial charge on any atom is -0.439 e. The molecule has 0 unspecified atom stereocenters. The van der Waals surface area contributed by atoms with E-state index in [1.807, 2.05) is 0 Å². The first kappa shape index (κ1) is 26.2. The molecular formula is C30H19F3N4O3S. The van der Waals surface area contributed by atoms with Gasteiger partial charge in [0, 0.05) is 16.7 Å². The third kappa shape index (κ3) is 5.52. The van der Waals surface area contributed by atoms with Crippen molar-refractivity contribution in [1.29, 1.82) is 0 Å². The van der Waals surface area contributed by atoms with Gasteiger partial charge in [-0.25, -0.2) is 31.3 Å². The Labute approximate surface area is 232 Å². The molecule has 0 bridgehead atoms. The van der Waals surface area contributed by atoms with E-state index in [9.17, 15) is 21.6 Å². The maximum absolute atomic E-state index is 13.5. The van der Waals surface area contributed by atoms with Crippen molar-refractivity contribution in [1.82, 2.24) is 20.0 Å². The summed E-state index contributed by atoms with van der Waals surface area (Å²) in [5.41, 5.74) is 3.08. The number of oxazole rings is 1. The van der Waals surface area contributed by atoms with Gasteiger partial charge in [-0.3, -0.25) is 0 Å².